The van der Waals surface area contributed by atoms with Crippen molar-refractivity contribution >= 4 is 0 Å². The number of hydrogen-bond donors (Lipinski definition) is 1. The van der Waals surface area contributed by atoms with Gasteiger partial charge in [-0.3, -0.25) is 0 Å². The van der Waals surface area contributed by atoms with Crippen LogP contribution < -0.4 is 0 Å². The summed E-state index contributed by atoms with van der Waals surface area (Å²) in [5.41, 5.74) is 0. The van der Waals surface area contributed by atoms with Crippen LogP contribution in [0.25, 0.3) is 0 Å². The lowest BCUT2D eigenvalue weighted by Gasteiger charge is -2.14. The molecule has 0 fully saturated rings. The summed E-state index contributed by atoms with van der Waals surface area (Å²) in [4.78, 5) is 3.83. The van der Waals surface area contributed by atoms with Gasteiger partial charge in [0.1, 0.15) is 13.2 Å². The number of aromatic nitrogens is 2. The molecule has 0 amide bonds. The Kier molecular flexibility index (Phi) is 6.16. The first-order valence-electron chi connectivity index (χ1n) is 5.61. The molecular formula is C10H14F4N2O3. The molecule has 0 radical (unpaired) electrons. The average molecular weight is 286 g/mol. The minimum atomic E-state index is -4.19. The van der Waals surface area contributed by atoms with Crippen molar-refractivity contribution in [3.05, 3.63) is 11.7 Å². The summed E-state index contributed by atoms with van der Waals surface area (Å²) in [5, 5.41) is 12.0. The Hall–Kier alpha value is -1.22. The van der Waals surface area contributed by atoms with Gasteiger partial charge in [0.2, 0.25) is 5.89 Å². The Labute approximate surface area is 106 Å². The van der Waals surface area contributed by atoms with E-state index in [4.69, 9.17) is 9.63 Å². The maximum Gasteiger partial charge on any atom is 0.330 e. The van der Waals surface area contributed by atoms with E-state index in [0.717, 1.165) is 0 Å². The number of alkyl halides is 4. The van der Waals surface area contributed by atoms with Gasteiger partial charge in [0.15, 0.2) is 5.82 Å². The molecule has 9 heteroatoms. The van der Waals surface area contributed by atoms with Crippen LogP contribution >= 0.6 is 0 Å². The van der Waals surface area contributed by atoms with Gasteiger partial charge in [0, 0.05) is 13.0 Å². The van der Waals surface area contributed by atoms with Crippen molar-refractivity contribution in [2.24, 2.45) is 0 Å². The number of aliphatic hydroxyl groups is 1. The number of ether oxygens (including phenoxy) is 1. The largest absolute Gasteiger partial charge is 0.396 e. The molecule has 0 aliphatic heterocycles. The second-order valence-electron chi connectivity index (χ2n) is 3.84. The van der Waals surface area contributed by atoms with Gasteiger partial charge >= 0.3 is 12.3 Å². The van der Waals surface area contributed by atoms with Gasteiger partial charge in [-0.1, -0.05) is 5.16 Å². The zero-order valence-electron chi connectivity index (χ0n) is 9.99. The molecule has 1 heterocycles. The Morgan fingerprint density at radius 1 is 1.32 bits per heavy atom. The number of aliphatic hydroxyl groups excluding tert-OH is 1. The first kappa shape index (κ1) is 15.8. The number of aryl methyl sites for hydroxylation is 1. The fraction of sp³-hybridized carbons (Fsp3) is 0.800. The first-order chi connectivity index (χ1) is 8.95. The molecule has 0 aromatic carbocycles. The van der Waals surface area contributed by atoms with E-state index in [1.165, 1.54) is 0 Å². The predicted octanol–water partition coefficient (Wildman–Crippen LogP) is 1.80. The van der Waals surface area contributed by atoms with Crippen LogP contribution in [0.3, 0.4) is 0 Å². The lowest BCUT2D eigenvalue weighted by Crippen LogP contribution is -2.32. The van der Waals surface area contributed by atoms with Crippen LogP contribution in [0.5, 0.6) is 0 Å². The maximum atomic E-state index is 12.5. The summed E-state index contributed by atoms with van der Waals surface area (Å²) >= 11 is 0. The molecule has 5 nitrogen and oxygen atoms in total. The van der Waals surface area contributed by atoms with Crippen molar-refractivity contribution in [1.82, 2.24) is 10.1 Å². The Morgan fingerprint density at radius 2 is 2.05 bits per heavy atom. The zero-order valence-corrected chi connectivity index (χ0v) is 9.99. The molecule has 1 aromatic heterocycles. The summed E-state index contributed by atoms with van der Waals surface area (Å²) in [6.45, 7) is -1.78. The van der Waals surface area contributed by atoms with Crippen molar-refractivity contribution in [2.45, 2.75) is 38.2 Å². The molecule has 0 saturated heterocycles. The molecule has 0 bridgehead atoms. The van der Waals surface area contributed by atoms with Gasteiger partial charge in [0.25, 0.3) is 0 Å². The summed E-state index contributed by atoms with van der Waals surface area (Å²) in [7, 11) is 0. The molecule has 19 heavy (non-hydrogen) atoms. The van der Waals surface area contributed by atoms with Crippen molar-refractivity contribution in [1.29, 1.82) is 0 Å². The molecule has 1 rings (SSSR count). The third kappa shape index (κ3) is 5.52. The molecule has 0 aliphatic rings. The number of halogens is 4. The van der Waals surface area contributed by atoms with Crippen LogP contribution in [0.2, 0.25) is 0 Å². The number of hydrogen-bond acceptors (Lipinski definition) is 5. The molecule has 1 N–H and O–H groups in total. The van der Waals surface area contributed by atoms with Crippen molar-refractivity contribution in [3.8, 4) is 0 Å². The van der Waals surface area contributed by atoms with Crippen LogP contribution in [0.1, 0.15) is 24.6 Å². The highest BCUT2D eigenvalue weighted by Gasteiger charge is 2.41. The maximum absolute atomic E-state index is 12.5. The van der Waals surface area contributed by atoms with E-state index in [2.05, 4.69) is 14.9 Å². The molecule has 0 unspecified atom stereocenters. The molecule has 0 spiro atoms. The van der Waals surface area contributed by atoms with E-state index >= 15 is 0 Å². The smallest absolute Gasteiger partial charge is 0.330 e. The monoisotopic (exact) mass is 286 g/mol. The van der Waals surface area contributed by atoms with Crippen LogP contribution in [-0.4, -0.2) is 40.8 Å². The zero-order chi connectivity index (χ0) is 14.3. The Balaban J connectivity index is 2.30. The highest BCUT2D eigenvalue weighted by Crippen LogP contribution is 2.23. The Bertz CT molecular complexity index is 373. The Morgan fingerprint density at radius 3 is 2.68 bits per heavy atom. The van der Waals surface area contributed by atoms with Gasteiger partial charge in [-0.25, -0.2) is 8.78 Å². The van der Waals surface area contributed by atoms with Gasteiger partial charge in [-0.05, 0) is 12.8 Å². The number of unbranched alkanes of at least 4 members (excludes halogenated alkanes) is 1. The number of rotatable bonds is 9. The van der Waals surface area contributed by atoms with Gasteiger partial charge in [0.05, 0.1) is 0 Å². The first-order valence-corrected chi connectivity index (χ1v) is 5.61. The fourth-order valence-corrected chi connectivity index (χ4v) is 1.18. The van der Waals surface area contributed by atoms with Gasteiger partial charge < -0.3 is 14.4 Å². The summed E-state index contributed by atoms with van der Waals surface area (Å²) in [5.74, 6) is -3.88. The summed E-state index contributed by atoms with van der Waals surface area (Å²) in [6, 6.07) is 0. The van der Waals surface area contributed by atoms with E-state index in [9.17, 15) is 17.6 Å². The normalized spacial score (nSPS) is 12.3. The number of nitrogens with zero attached hydrogens (tertiary/aromatic N) is 2. The van der Waals surface area contributed by atoms with Gasteiger partial charge in [-0.2, -0.15) is 13.8 Å². The van der Waals surface area contributed by atoms with Crippen molar-refractivity contribution < 1.29 is 31.9 Å². The highest BCUT2D eigenvalue weighted by atomic mass is 19.3. The van der Waals surface area contributed by atoms with E-state index in [1.54, 1.807) is 0 Å². The highest BCUT2D eigenvalue weighted by molar-refractivity contribution is 4.84. The second kappa shape index (κ2) is 7.39. The summed E-state index contributed by atoms with van der Waals surface area (Å²) in [6.07, 6.45) is -2.11. The molecule has 0 aliphatic carbocycles. The van der Waals surface area contributed by atoms with E-state index in [0.29, 0.717) is 19.3 Å². The molecule has 0 atom stereocenters. The summed E-state index contributed by atoms with van der Waals surface area (Å²) < 4.78 is 57.8. The SMILES string of the molecule is OCCCCc1nc(COCC(F)(F)C(F)F)no1. The fourth-order valence-electron chi connectivity index (χ4n) is 1.18. The van der Waals surface area contributed by atoms with Crippen molar-refractivity contribution in [3.63, 3.8) is 0 Å². The predicted molar refractivity (Wildman–Crippen MR) is 54.9 cm³/mol. The van der Waals surface area contributed by atoms with Crippen molar-refractivity contribution in [2.75, 3.05) is 13.2 Å². The molecule has 1 aromatic rings. The third-order valence-corrected chi connectivity index (χ3v) is 2.15. The van der Waals surface area contributed by atoms with Crippen LogP contribution in [-0.2, 0) is 17.8 Å². The van der Waals surface area contributed by atoms with E-state index in [-0.39, 0.29) is 18.3 Å². The topological polar surface area (TPSA) is 68.4 Å². The lowest BCUT2D eigenvalue weighted by molar-refractivity contribution is -0.168. The third-order valence-electron chi connectivity index (χ3n) is 2.15. The minimum absolute atomic E-state index is 0.0177. The van der Waals surface area contributed by atoms with Crippen LogP contribution in [0, 0.1) is 0 Å². The van der Waals surface area contributed by atoms with Crippen LogP contribution in [0.4, 0.5) is 17.6 Å². The minimum Gasteiger partial charge on any atom is -0.396 e. The molecular weight excluding hydrogens is 272 g/mol. The van der Waals surface area contributed by atoms with E-state index in [1.807, 2.05) is 0 Å². The van der Waals surface area contributed by atoms with Gasteiger partial charge in [-0.15, -0.1) is 0 Å². The van der Waals surface area contributed by atoms with Crippen LogP contribution in [0.15, 0.2) is 4.52 Å². The average Bonchev–Trinajstić information content (AvgIpc) is 2.77. The quantitative estimate of drug-likeness (QED) is 0.554. The van der Waals surface area contributed by atoms with E-state index < -0.39 is 25.6 Å². The second-order valence-corrected chi connectivity index (χ2v) is 3.84. The molecule has 110 valence electrons. The molecule has 0 saturated carbocycles. The lowest BCUT2D eigenvalue weighted by atomic mass is 10.2. The standard InChI is InChI=1S/C10H14F4N2O3/c11-9(12)10(13,14)6-18-5-7-15-8(19-16-7)3-1-2-4-17/h9,17H,1-6H2.